The molecule has 0 heterocycles. The van der Waals surface area contributed by atoms with Crippen molar-refractivity contribution in [3.05, 3.63) is 28.8 Å². The summed E-state index contributed by atoms with van der Waals surface area (Å²) in [6, 6.07) is 4.78. The molecule has 2 N–H and O–H groups in total. The Hall–Kier alpha value is -1.64. The van der Waals surface area contributed by atoms with E-state index >= 15 is 0 Å². The van der Waals surface area contributed by atoms with Gasteiger partial charge >= 0.3 is 0 Å². The number of nitrogens with zero attached hydrogens (tertiary/aromatic N) is 2. The number of hydrazone groups is 1. The van der Waals surface area contributed by atoms with E-state index in [1.807, 2.05) is 13.8 Å². The predicted molar refractivity (Wildman–Crippen MR) is 112 cm³/mol. The molecule has 140 valence electrons. The molecule has 0 saturated heterocycles. The van der Waals surface area contributed by atoms with Gasteiger partial charge in [0.15, 0.2) is 0 Å². The van der Waals surface area contributed by atoms with Gasteiger partial charge in [0.05, 0.1) is 17.1 Å². The van der Waals surface area contributed by atoms with Gasteiger partial charge in [0, 0.05) is 0 Å². The molecule has 0 aliphatic heterocycles. The molecule has 0 bridgehead atoms. The Labute approximate surface area is 154 Å². The zero-order valence-corrected chi connectivity index (χ0v) is 17.0. The largest absolute Gasteiger partial charge is 0.323 e. The van der Waals surface area contributed by atoms with Gasteiger partial charge < -0.3 is 5.84 Å². The minimum atomic E-state index is 0.804. The third-order valence-corrected chi connectivity index (χ3v) is 4.74. The molecule has 1 aromatic carbocycles. The summed E-state index contributed by atoms with van der Waals surface area (Å²) in [5.74, 6) is 5.45. The summed E-state index contributed by atoms with van der Waals surface area (Å²) in [7, 11) is 0. The maximum atomic E-state index is 5.45. The average molecular weight is 344 g/mol. The summed E-state index contributed by atoms with van der Waals surface area (Å²) in [5.41, 5.74) is 7.15. The van der Waals surface area contributed by atoms with Crippen molar-refractivity contribution in [2.24, 2.45) is 15.9 Å². The van der Waals surface area contributed by atoms with E-state index in [-0.39, 0.29) is 0 Å². The molecular weight excluding hydrogens is 306 g/mol. The van der Waals surface area contributed by atoms with Crippen molar-refractivity contribution in [3.63, 3.8) is 0 Å². The lowest BCUT2D eigenvalue weighted by Gasteiger charge is -2.15. The molecule has 0 amide bonds. The summed E-state index contributed by atoms with van der Waals surface area (Å²) >= 11 is 0. The van der Waals surface area contributed by atoms with Crippen LogP contribution in [0.15, 0.2) is 22.2 Å². The first kappa shape index (κ1) is 21.4. The van der Waals surface area contributed by atoms with Crippen LogP contribution in [0.25, 0.3) is 0 Å². The molecule has 0 aliphatic rings. The van der Waals surface area contributed by atoms with Gasteiger partial charge in [-0.3, -0.25) is 4.99 Å². The van der Waals surface area contributed by atoms with Gasteiger partial charge in [-0.2, -0.15) is 5.10 Å². The minimum Gasteiger partial charge on any atom is -0.323 e. The topological polar surface area (TPSA) is 50.7 Å². The van der Waals surface area contributed by atoms with Crippen LogP contribution in [0.1, 0.15) is 89.8 Å². The lowest BCUT2D eigenvalue weighted by Crippen LogP contribution is -2.08. The van der Waals surface area contributed by atoms with Gasteiger partial charge in [-0.1, -0.05) is 52.2 Å². The minimum absolute atomic E-state index is 0.804. The summed E-state index contributed by atoms with van der Waals surface area (Å²) in [5, 5.41) is 3.81. The second-order valence-electron chi connectivity index (χ2n) is 6.99. The third kappa shape index (κ3) is 7.01. The highest BCUT2D eigenvalue weighted by molar-refractivity contribution is 6.41. The lowest BCUT2D eigenvalue weighted by molar-refractivity contribution is 0.766. The highest BCUT2D eigenvalue weighted by Gasteiger charge is 2.12. The normalized spacial score (nSPS) is 12.7. The van der Waals surface area contributed by atoms with Gasteiger partial charge in [0.25, 0.3) is 0 Å². The van der Waals surface area contributed by atoms with Gasteiger partial charge in [0.2, 0.25) is 0 Å². The molecule has 0 fully saturated rings. The second-order valence-corrected chi connectivity index (χ2v) is 6.99. The van der Waals surface area contributed by atoms with E-state index in [1.165, 1.54) is 67.3 Å². The molecule has 0 aliphatic carbocycles. The Balaban J connectivity index is 3.38. The van der Waals surface area contributed by atoms with Crippen molar-refractivity contribution in [2.45, 2.75) is 92.4 Å². The van der Waals surface area contributed by atoms with Crippen LogP contribution in [-0.2, 0) is 19.3 Å². The molecule has 3 heteroatoms. The lowest BCUT2D eigenvalue weighted by atomic mass is 9.94. The van der Waals surface area contributed by atoms with Crippen LogP contribution in [0.2, 0.25) is 0 Å². The zero-order valence-electron chi connectivity index (χ0n) is 17.0. The van der Waals surface area contributed by atoms with Crippen molar-refractivity contribution < 1.29 is 0 Å². The predicted octanol–water partition coefficient (Wildman–Crippen LogP) is 6.14. The van der Waals surface area contributed by atoms with E-state index in [9.17, 15) is 0 Å². The number of hydrogen-bond donors (Lipinski definition) is 1. The Morgan fingerprint density at radius 1 is 0.800 bits per heavy atom. The molecule has 0 aromatic heterocycles. The molecule has 25 heavy (non-hydrogen) atoms. The van der Waals surface area contributed by atoms with Gasteiger partial charge in [0.1, 0.15) is 0 Å². The summed E-state index contributed by atoms with van der Waals surface area (Å²) in [6.45, 7) is 10.7. The number of aryl methyl sites for hydroxylation is 3. The van der Waals surface area contributed by atoms with Crippen LogP contribution in [0, 0.1) is 0 Å². The van der Waals surface area contributed by atoms with Crippen molar-refractivity contribution in [1.29, 1.82) is 0 Å². The van der Waals surface area contributed by atoms with Gasteiger partial charge in [-0.25, -0.2) is 0 Å². The first-order valence-corrected chi connectivity index (χ1v) is 10.0. The molecule has 0 spiro atoms. The van der Waals surface area contributed by atoms with Crippen molar-refractivity contribution in [1.82, 2.24) is 0 Å². The average Bonchev–Trinajstić information content (AvgIpc) is 2.63. The van der Waals surface area contributed by atoms with Gasteiger partial charge in [-0.15, -0.1) is 0 Å². The highest BCUT2D eigenvalue weighted by Crippen LogP contribution is 2.30. The molecule has 1 rings (SSSR count). The van der Waals surface area contributed by atoms with Crippen LogP contribution in [0.3, 0.4) is 0 Å². The number of nitrogens with two attached hydrogens (primary N) is 1. The molecule has 0 atom stereocenters. The maximum absolute atomic E-state index is 5.45. The number of hydrogen-bond acceptors (Lipinski definition) is 3. The number of rotatable bonds is 11. The molecule has 1 aromatic rings. The Kier molecular flexibility index (Phi) is 10.1. The SMILES string of the molecule is CCCCc1cc(CCCC)c(N=C(C)/C(C)=N/N)c(CCCC)c1. The molecule has 0 saturated carbocycles. The van der Waals surface area contributed by atoms with E-state index in [1.54, 1.807) is 0 Å². The standard InChI is InChI=1S/C22H37N3/c1-6-9-12-19-15-20(13-10-7-2)22(21(16-19)14-11-8-3)24-17(4)18(5)25-23/h15-16H,6-14,23H2,1-5H3/b24-17?,25-18+. The quantitative estimate of drug-likeness (QED) is 0.293. The van der Waals surface area contributed by atoms with Crippen LogP contribution in [0.4, 0.5) is 5.69 Å². The number of benzene rings is 1. The zero-order chi connectivity index (χ0) is 18.7. The van der Waals surface area contributed by atoms with E-state index in [2.05, 4.69) is 38.0 Å². The fourth-order valence-corrected chi connectivity index (χ4v) is 2.96. The third-order valence-electron chi connectivity index (χ3n) is 4.74. The van der Waals surface area contributed by atoms with Crippen molar-refractivity contribution in [2.75, 3.05) is 0 Å². The van der Waals surface area contributed by atoms with Crippen LogP contribution < -0.4 is 5.84 Å². The number of aliphatic imine (C=N–C) groups is 1. The Morgan fingerprint density at radius 3 is 1.72 bits per heavy atom. The van der Waals surface area contributed by atoms with Crippen molar-refractivity contribution in [3.8, 4) is 0 Å². The van der Waals surface area contributed by atoms with Gasteiger partial charge in [-0.05, 0) is 69.1 Å². The van der Waals surface area contributed by atoms with Crippen LogP contribution in [-0.4, -0.2) is 11.4 Å². The summed E-state index contributed by atoms with van der Waals surface area (Å²) < 4.78 is 0. The maximum Gasteiger partial charge on any atom is 0.0781 e. The van der Waals surface area contributed by atoms with E-state index < -0.39 is 0 Å². The molecule has 3 nitrogen and oxygen atoms in total. The van der Waals surface area contributed by atoms with E-state index in [0.717, 1.165) is 24.3 Å². The summed E-state index contributed by atoms with van der Waals surface area (Å²) in [6.07, 6.45) is 10.7. The summed E-state index contributed by atoms with van der Waals surface area (Å²) in [4.78, 5) is 4.96. The second kappa shape index (κ2) is 11.8. The van der Waals surface area contributed by atoms with Crippen LogP contribution >= 0.6 is 0 Å². The van der Waals surface area contributed by atoms with E-state index in [4.69, 9.17) is 10.8 Å². The van der Waals surface area contributed by atoms with Crippen LogP contribution in [0.5, 0.6) is 0 Å². The number of unbranched alkanes of at least 4 members (excludes halogenated alkanes) is 3. The first-order chi connectivity index (χ1) is 12.1. The molecule has 0 radical (unpaired) electrons. The van der Waals surface area contributed by atoms with Crippen molar-refractivity contribution >= 4 is 17.1 Å². The smallest absolute Gasteiger partial charge is 0.0781 e. The Morgan fingerprint density at radius 2 is 1.28 bits per heavy atom. The Bertz CT molecular complexity index is 556. The molecule has 0 unspecified atom stereocenters. The fourth-order valence-electron chi connectivity index (χ4n) is 2.96. The fraction of sp³-hybridized carbons (Fsp3) is 0.636. The first-order valence-electron chi connectivity index (χ1n) is 10.0. The van der Waals surface area contributed by atoms with E-state index in [0.29, 0.717) is 0 Å². The highest BCUT2D eigenvalue weighted by atomic mass is 15.1. The monoisotopic (exact) mass is 343 g/mol. The molecular formula is C22H37N3.